The molecule has 0 bridgehead atoms. The first kappa shape index (κ1) is 17.4. The van der Waals surface area contributed by atoms with Gasteiger partial charge < -0.3 is 10.2 Å². The summed E-state index contributed by atoms with van der Waals surface area (Å²) in [4.78, 5) is 23.5. The minimum Gasteiger partial charge on any atom is -0.354 e. The lowest BCUT2D eigenvalue weighted by Crippen LogP contribution is -2.39. The first-order valence-corrected chi connectivity index (χ1v) is 9.05. The summed E-state index contributed by atoms with van der Waals surface area (Å²) in [7, 11) is 0. The zero-order chi connectivity index (χ0) is 17.8. The highest BCUT2D eigenvalue weighted by Crippen LogP contribution is 2.25. The van der Waals surface area contributed by atoms with Gasteiger partial charge in [0.25, 0.3) is 5.91 Å². The molecule has 1 atom stereocenters. The van der Waals surface area contributed by atoms with Gasteiger partial charge in [0.05, 0.1) is 0 Å². The summed E-state index contributed by atoms with van der Waals surface area (Å²) < 4.78 is 0. The summed E-state index contributed by atoms with van der Waals surface area (Å²) in [6, 6.07) is 8.29. The van der Waals surface area contributed by atoms with Gasteiger partial charge in [0, 0.05) is 24.3 Å². The molecule has 1 aliphatic heterocycles. The molecule has 1 aromatic carbocycles. The molecule has 1 aromatic heterocycles. The van der Waals surface area contributed by atoms with Crippen LogP contribution in [0.4, 0.5) is 11.5 Å². The van der Waals surface area contributed by atoms with Crippen LogP contribution in [0.15, 0.2) is 30.6 Å². The molecular formula is C20H26N4O. The minimum atomic E-state index is -0.194. The number of anilines is 2. The number of amides is 1. The maximum atomic E-state index is 12.6. The monoisotopic (exact) mass is 338 g/mol. The first-order valence-electron chi connectivity index (χ1n) is 9.05. The van der Waals surface area contributed by atoms with Crippen LogP contribution in [0.2, 0.25) is 0 Å². The van der Waals surface area contributed by atoms with Crippen molar-refractivity contribution >= 4 is 17.4 Å². The van der Waals surface area contributed by atoms with Crippen molar-refractivity contribution in [3.8, 4) is 0 Å². The van der Waals surface area contributed by atoms with Crippen LogP contribution in [0.1, 0.15) is 54.2 Å². The van der Waals surface area contributed by atoms with Crippen molar-refractivity contribution in [2.45, 2.75) is 52.5 Å². The second-order valence-corrected chi connectivity index (χ2v) is 6.79. The molecule has 1 saturated heterocycles. The molecule has 2 aromatic rings. The molecule has 1 N–H and O–H groups in total. The number of aromatic nitrogens is 2. The second-order valence-electron chi connectivity index (χ2n) is 6.79. The molecule has 0 aliphatic carbocycles. The van der Waals surface area contributed by atoms with E-state index in [1.807, 2.05) is 32.0 Å². The van der Waals surface area contributed by atoms with Gasteiger partial charge in [-0.2, -0.15) is 0 Å². The average Bonchev–Trinajstić information content (AvgIpc) is 2.64. The Bertz CT molecular complexity index is 759. The van der Waals surface area contributed by atoms with E-state index in [9.17, 15) is 4.79 Å². The molecule has 1 unspecified atom stereocenters. The summed E-state index contributed by atoms with van der Waals surface area (Å²) in [5.41, 5.74) is 3.45. The lowest BCUT2D eigenvalue weighted by molar-refractivity contribution is 0.102. The number of aryl methyl sites for hydroxylation is 2. The third-order valence-electron chi connectivity index (χ3n) is 4.91. The molecule has 3 rings (SSSR count). The number of piperidine rings is 1. The number of carbonyl (C=O) groups is 1. The number of benzene rings is 1. The van der Waals surface area contributed by atoms with Gasteiger partial charge in [-0.25, -0.2) is 9.97 Å². The predicted octanol–water partition coefficient (Wildman–Crippen LogP) is 4.11. The van der Waals surface area contributed by atoms with Crippen molar-refractivity contribution in [1.82, 2.24) is 9.97 Å². The smallest absolute Gasteiger partial charge is 0.274 e. The van der Waals surface area contributed by atoms with Gasteiger partial charge in [0.2, 0.25) is 0 Å². The highest BCUT2D eigenvalue weighted by Gasteiger charge is 2.23. The fraction of sp³-hybridized carbons (Fsp3) is 0.450. The molecule has 5 nitrogen and oxygen atoms in total. The molecule has 0 spiro atoms. The molecule has 1 amide bonds. The van der Waals surface area contributed by atoms with Crippen molar-refractivity contribution in [3.05, 3.63) is 47.4 Å². The zero-order valence-corrected chi connectivity index (χ0v) is 15.2. The van der Waals surface area contributed by atoms with E-state index in [0.29, 0.717) is 11.7 Å². The molecule has 2 heterocycles. The van der Waals surface area contributed by atoms with Gasteiger partial charge in [0.1, 0.15) is 17.8 Å². The molecule has 1 fully saturated rings. The first-order chi connectivity index (χ1) is 12.1. The Balaban J connectivity index is 1.79. The van der Waals surface area contributed by atoms with E-state index >= 15 is 0 Å². The maximum Gasteiger partial charge on any atom is 0.274 e. The molecule has 5 heteroatoms. The molecular weight excluding hydrogens is 312 g/mol. The maximum absolute atomic E-state index is 12.6. The highest BCUT2D eigenvalue weighted by atomic mass is 16.1. The van der Waals surface area contributed by atoms with E-state index < -0.39 is 0 Å². The third-order valence-corrected chi connectivity index (χ3v) is 4.91. The van der Waals surface area contributed by atoms with E-state index in [2.05, 4.69) is 33.2 Å². The van der Waals surface area contributed by atoms with Crippen LogP contribution in [0.25, 0.3) is 0 Å². The van der Waals surface area contributed by atoms with Crippen molar-refractivity contribution in [1.29, 1.82) is 0 Å². The van der Waals surface area contributed by atoms with Crippen molar-refractivity contribution in [2.24, 2.45) is 0 Å². The van der Waals surface area contributed by atoms with Crippen LogP contribution in [-0.2, 0) is 0 Å². The fourth-order valence-corrected chi connectivity index (χ4v) is 3.50. The van der Waals surface area contributed by atoms with Crippen LogP contribution in [0.5, 0.6) is 0 Å². The fourth-order valence-electron chi connectivity index (χ4n) is 3.50. The normalized spacial score (nSPS) is 17.4. The van der Waals surface area contributed by atoms with Crippen LogP contribution < -0.4 is 10.2 Å². The van der Waals surface area contributed by atoms with Gasteiger partial charge in [0.15, 0.2) is 0 Å². The molecule has 0 saturated carbocycles. The predicted molar refractivity (Wildman–Crippen MR) is 101 cm³/mol. The summed E-state index contributed by atoms with van der Waals surface area (Å²) >= 11 is 0. The Morgan fingerprint density at radius 1 is 1.24 bits per heavy atom. The van der Waals surface area contributed by atoms with E-state index in [1.54, 1.807) is 0 Å². The van der Waals surface area contributed by atoms with Crippen molar-refractivity contribution in [3.63, 3.8) is 0 Å². The molecule has 25 heavy (non-hydrogen) atoms. The summed E-state index contributed by atoms with van der Waals surface area (Å²) in [6.45, 7) is 7.23. The number of hydrogen-bond acceptors (Lipinski definition) is 4. The van der Waals surface area contributed by atoms with Crippen LogP contribution in [0.3, 0.4) is 0 Å². The summed E-state index contributed by atoms with van der Waals surface area (Å²) in [6.07, 6.45) is 6.21. The molecule has 1 aliphatic rings. The zero-order valence-electron chi connectivity index (χ0n) is 15.2. The van der Waals surface area contributed by atoms with E-state index in [4.69, 9.17) is 0 Å². The Morgan fingerprint density at radius 2 is 2.08 bits per heavy atom. The standard InChI is InChI=1S/C20H26N4O/c1-4-16-7-5-6-10-24(16)19-12-18(21-13-22-19)20(25)23-17-9-8-14(2)11-15(17)3/h8-9,11-13,16H,4-7,10H2,1-3H3,(H,23,25). The van der Waals surface area contributed by atoms with E-state index in [-0.39, 0.29) is 5.91 Å². The Hall–Kier alpha value is -2.43. The minimum absolute atomic E-state index is 0.194. The number of nitrogens with zero attached hydrogens (tertiary/aromatic N) is 3. The largest absolute Gasteiger partial charge is 0.354 e. The number of rotatable bonds is 4. The summed E-state index contributed by atoms with van der Waals surface area (Å²) in [5, 5.41) is 2.96. The number of hydrogen-bond donors (Lipinski definition) is 1. The van der Waals surface area contributed by atoms with Gasteiger partial charge in [-0.15, -0.1) is 0 Å². The van der Waals surface area contributed by atoms with Crippen LogP contribution in [0, 0.1) is 13.8 Å². The van der Waals surface area contributed by atoms with Crippen molar-refractivity contribution < 1.29 is 4.79 Å². The number of nitrogens with one attached hydrogen (secondary N) is 1. The lowest BCUT2D eigenvalue weighted by atomic mass is 10.00. The van der Waals surface area contributed by atoms with Crippen LogP contribution >= 0.6 is 0 Å². The van der Waals surface area contributed by atoms with E-state index in [0.717, 1.165) is 30.0 Å². The Morgan fingerprint density at radius 3 is 2.84 bits per heavy atom. The van der Waals surface area contributed by atoms with E-state index in [1.165, 1.54) is 31.2 Å². The molecule has 132 valence electrons. The Kier molecular flexibility index (Phi) is 5.31. The number of carbonyl (C=O) groups excluding carboxylic acids is 1. The van der Waals surface area contributed by atoms with Crippen LogP contribution in [-0.4, -0.2) is 28.5 Å². The molecule has 0 radical (unpaired) electrons. The topological polar surface area (TPSA) is 58.1 Å². The SMILES string of the molecule is CCC1CCCCN1c1cc(C(=O)Nc2ccc(C)cc2C)ncn1. The van der Waals surface area contributed by atoms with Gasteiger partial charge in [-0.05, 0) is 51.2 Å². The highest BCUT2D eigenvalue weighted by molar-refractivity contribution is 6.03. The lowest BCUT2D eigenvalue weighted by Gasteiger charge is -2.36. The Labute approximate surface area is 149 Å². The van der Waals surface area contributed by atoms with Gasteiger partial charge in [-0.3, -0.25) is 4.79 Å². The van der Waals surface area contributed by atoms with Gasteiger partial charge >= 0.3 is 0 Å². The third kappa shape index (κ3) is 3.98. The quantitative estimate of drug-likeness (QED) is 0.911. The van der Waals surface area contributed by atoms with Gasteiger partial charge in [-0.1, -0.05) is 24.6 Å². The average molecular weight is 338 g/mol. The van der Waals surface area contributed by atoms with Crippen molar-refractivity contribution in [2.75, 3.05) is 16.8 Å². The summed E-state index contributed by atoms with van der Waals surface area (Å²) in [5.74, 6) is 0.660. The second kappa shape index (κ2) is 7.64.